The van der Waals surface area contributed by atoms with Gasteiger partial charge in [-0.1, -0.05) is 6.92 Å². The SMILES string of the molecule is C[C@H]1CCNC[C@H]1CNC(=O)OC(C)(C)C. The van der Waals surface area contributed by atoms with Crippen molar-refractivity contribution in [1.29, 1.82) is 0 Å². The normalized spacial score (nSPS) is 26.2. The molecular formula is C12H24N2O2. The molecule has 0 aromatic heterocycles. The number of hydrogen-bond donors (Lipinski definition) is 2. The quantitative estimate of drug-likeness (QED) is 0.757. The van der Waals surface area contributed by atoms with E-state index in [0.29, 0.717) is 18.4 Å². The third-order valence-corrected chi connectivity index (χ3v) is 2.90. The van der Waals surface area contributed by atoms with Crippen LogP contribution in [0.2, 0.25) is 0 Å². The Labute approximate surface area is 98.1 Å². The summed E-state index contributed by atoms with van der Waals surface area (Å²) in [6, 6.07) is 0. The number of amides is 1. The van der Waals surface area contributed by atoms with Crippen molar-refractivity contribution < 1.29 is 9.53 Å². The Morgan fingerprint density at radius 2 is 2.19 bits per heavy atom. The average molecular weight is 228 g/mol. The van der Waals surface area contributed by atoms with Gasteiger partial charge in [0.1, 0.15) is 5.60 Å². The molecule has 0 saturated carbocycles. The molecule has 1 heterocycles. The predicted molar refractivity (Wildman–Crippen MR) is 64.4 cm³/mol. The van der Waals surface area contributed by atoms with Crippen molar-refractivity contribution in [3.8, 4) is 0 Å². The minimum absolute atomic E-state index is 0.315. The lowest BCUT2D eigenvalue weighted by Gasteiger charge is -2.30. The molecule has 1 aliphatic heterocycles. The largest absolute Gasteiger partial charge is 0.444 e. The first-order valence-corrected chi connectivity index (χ1v) is 6.06. The van der Waals surface area contributed by atoms with Crippen LogP contribution in [0.4, 0.5) is 4.79 Å². The van der Waals surface area contributed by atoms with E-state index < -0.39 is 5.60 Å². The first-order chi connectivity index (χ1) is 7.38. The molecule has 0 aromatic rings. The molecule has 1 fully saturated rings. The molecule has 2 N–H and O–H groups in total. The Kier molecular flexibility index (Phi) is 4.59. The minimum atomic E-state index is -0.416. The minimum Gasteiger partial charge on any atom is -0.444 e. The molecule has 0 aliphatic carbocycles. The summed E-state index contributed by atoms with van der Waals surface area (Å²) in [4.78, 5) is 11.5. The highest BCUT2D eigenvalue weighted by Gasteiger charge is 2.22. The molecule has 0 spiro atoms. The second kappa shape index (κ2) is 5.53. The molecule has 0 bridgehead atoms. The fourth-order valence-electron chi connectivity index (χ4n) is 1.86. The van der Waals surface area contributed by atoms with Gasteiger partial charge in [0.25, 0.3) is 0 Å². The predicted octanol–water partition coefficient (Wildman–Crippen LogP) is 1.76. The third kappa shape index (κ3) is 4.84. The average Bonchev–Trinajstić information content (AvgIpc) is 2.14. The van der Waals surface area contributed by atoms with Crippen LogP contribution in [0.5, 0.6) is 0 Å². The fourth-order valence-corrected chi connectivity index (χ4v) is 1.86. The summed E-state index contributed by atoms with van der Waals surface area (Å²) in [5, 5.41) is 6.18. The molecule has 1 saturated heterocycles. The highest BCUT2D eigenvalue weighted by molar-refractivity contribution is 5.67. The molecule has 0 radical (unpaired) electrons. The zero-order valence-electron chi connectivity index (χ0n) is 10.8. The highest BCUT2D eigenvalue weighted by Crippen LogP contribution is 2.17. The van der Waals surface area contributed by atoms with Crippen LogP contribution in [-0.2, 0) is 4.74 Å². The van der Waals surface area contributed by atoms with Crippen molar-refractivity contribution in [3.05, 3.63) is 0 Å². The number of rotatable bonds is 2. The van der Waals surface area contributed by atoms with Crippen LogP contribution in [0.3, 0.4) is 0 Å². The van der Waals surface area contributed by atoms with E-state index >= 15 is 0 Å². The van der Waals surface area contributed by atoms with Crippen LogP contribution >= 0.6 is 0 Å². The number of hydrogen-bond acceptors (Lipinski definition) is 3. The second-order valence-electron chi connectivity index (χ2n) is 5.61. The van der Waals surface area contributed by atoms with Crippen LogP contribution in [-0.4, -0.2) is 31.3 Å². The molecule has 1 aliphatic rings. The van der Waals surface area contributed by atoms with Gasteiger partial charge in [0.05, 0.1) is 0 Å². The topological polar surface area (TPSA) is 50.4 Å². The van der Waals surface area contributed by atoms with Gasteiger partial charge in [0.2, 0.25) is 0 Å². The summed E-state index contributed by atoms with van der Waals surface area (Å²) >= 11 is 0. The van der Waals surface area contributed by atoms with Crippen molar-refractivity contribution in [2.24, 2.45) is 11.8 Å². The Balaban J connectivity index is 2.25. The maximum absolute atomic E-state index is 11.5. The highest BCUT2D eigenvalue weighted by atomic mass is 16.6. The van der Waals surface area contributed by atoms with E-state index in [-0.39, 0.29) is 6.09 Å². The summed E-state index contributed by atoms with van der Waals surface area (Å²) in [6.07, 6.45) is 0.867. The van der Waals surface area contributed by atoms with Crippen LogP contribution < -0.4 is 10.6 Å². The van der Waals surface area contributed by atoms with Gasteiger partial charge in [-0.15, -0.1) is 0 Å². The van der Waals surface area contributed by atoms with Crippen LogP contribution in [0.25, 0.3) is 0 Å². The first kappa shape index (κ1) is 13.3. The number of nitrogens with one attached hydrogen (secondary N) is 2. The number of piperidine rings is 1. The van der Waals surface area contributed by atoms with Crippen LogP contribution in [0.1, 0.15) is 34.1 Å². The van der Waals surface area contributed by atoms with Gasteiger partial charge in [-0.25, -0.2) is 4.79 Å². The molecular weight excluding hydrogens is 204 g/mol. The Bertz CT molecular complexity index is 236. The number of carbonyl (C=O) groups excluding carboxylic acids is 1. The fraction of sp³-hybridized carbons (Fsp3) is 0.917. The molecule has 2 atom stereocenters. The third-order valence-electron chi connectivity index (χ3n) is 2.90. The summed E-state index contributed by atoms with van der Waals surface area (Å²) in [5.74, 6) is 1.18. The zero-order valence-corrected chi connectivity index (χ0v) is 10.8. The summed E-state index contributed by atoms with van der Waals surface area (Å²) < 4.78 is 5.19. The molecule has 0 unspecified atom stereocenters. The molecule has 4 nitrogen and oxygen atoms in total. The van der Waals surface area contributed by atoms with Crippen molar-refractivity contribution in [2.45, 2.75) is 39.7 Å². The van der Waals surface area contributed by atoms with E-state index in [4.69, 9.17) is 4.74 Å². The van der Waals surface area contributed by atoms with E-state index in [2.05, 4.69) is 17.6 Å². The molecule has 1 rings (SSSR count). The number of ether oxygens (including phenoxy) is 1. The Morgan fingerprint density at radius 3 is 2.75 bits per heavy atom. The molecule has 16 heavy (non-hydrogen) atoms. The smallest absolute Gasteiger partial charge is 0.407 e. The van der Waals surface area contributed by atoms with E-state index in [0.717, 1.165) is 13.1 Å². The zero-order chi connectivity index (χ0) is 12.2. The van der Waals surface area contributed by atoms with E-state index in [1.807, 2.05) is 20.8 Å². The maximum atomic E-state index is 11.5. The van der Waals surface area contributed by atoms with Crippen molar-refractivity contribution in [1.82, 2.24) is 10.6 Å². The Hall–Kier alpha value is -0.770. The van der Waals surface area contributed by atoms with E-state index in [9.17, 15) is 4.79 Å². The van der Waals surface area contributed by atoms with Gasteiger partial charge >= 0.3 is 6.09 Å². The van der Waals surface area contributed by atoms with Crippen molar-refractivity contribution in [2.75, 3.05) is 19.6 Å². The number of carbonyl (C=O) groups is 1. The van der Waals surface area contributed by atoms with Crippen molar-refractivity contribution >= 4 is 6.09 Å². The summed E-state index contributed by atoms with van der Waals surface area (Å²) in [5.41, 5.74) is -0.416. The van der Waals surface area contributed by atoms with Gasteiger partial charge in [-0.05, 0) is 52.1 Å². The Morgan fingerprint density at radius 1 is 1.50 bits per heavy atom. The number of alkyl carbamates (subject to hydrolysis) is 1. The van der Waals surface area contributed by atoms with E-state index in [1.54, 1.807) is 0 Å². The molecule has 4 heteroatoms. The molecule has 1 amide bonds. The van der Waals surface area contributed by atoms with Gasteiger partial charge < -0.3 is 15.4 Å². The lowest BCUT2D eigenvalue weighted by atomic mass is 9.88. The van der Waals surface area contributed by atoms with Crippen LogP contribution in [0.15, 0.2) is 0 Å². The maximum Gasteiger partial charge on any atom is 0.407 e. The standard InChI is InChI=1S/C12H24N2O2/c1-9-5-6-13-7-10(9)8-14-11(15)16-12(2,3)4/h9-10,13H,5-8H2,1-4H3,(H,14,15)/t9-,10-/m0/s1. The molecule has 0 aromatic carbocycles. The van der Waals surface area contributed by atoms with Crippen molar-refractivity contribution in [3.63, 3.8) is 0 Å². The monoisotopic (exact) mass is 228 g/mol. The molecule has 94 valence electrons. The van der Waals surface area contributed by atoms with Gasteiger partial charge in [0, 0.05) is 6.54 Å². The lowest BCUT2D eigenvalue weighted by Crippen LogP contribution is -2.43. The summed E-state index contributed by atoms with van der Waals surface area (Å²) in [7, 11) is 0. The second-order valence-corrected chi connectivity index (χ2v) is 5.61. The van der Waals surface area contributed by atoms with Gasteiger partial charge in [-0.3, -0.25) is 0 Å². The van der Waals surface area contributed by atoms with Gasteiger partial charge in [0.15, 0.2) is 0 Å². The first-order valence-electron chi connectivity index (χ1n) is 6.06. The van der Waals surface area contributed by atoms with Gasteiger partial charge in [-0.2, -0.15) is 0 Å². The van der Waals surface area contributed by atoms with E-state index in [1.165, 1.54) is 6.42 Å². The van der Waals surface area contributed by atoms with Crippen LogP contribution in [0, 0.1) is 11.8 Å². The lowest BCUT2D eigenvalue weighted by molar-refractivity contribution is 0.0510. The summed E-state index contributed by atoms with van der Waals surface area (Å²) in [6.45, 7) is 10.6.